The Kier molecular flexibility index (Phi) is 6.72. The summed E-state index contributed by atoms with van der Waals surface area (Å²) in [5.41, 5.74) is -0.320. The van der Waals surface area contributed by atoms with E-state index in [2.05, 4.69) is 4.90 Å². The third-order valence-electron chi connectivity index (χ3n) is 4.70. The first-order chi connectivity index (χ1) is 12.1. The van der Waals surface area contributed by atoms with E-state index in [0.29, 0.717) is 13.1 Å². The molecule has 1 aromatic carbocycles. The molecule has 2 saturated heterocycles. The van der Waals surface area contributed by atoms with Gasteiger partial charge in [-0.1, -0.05) is 0 Å². The fraction of sp³-hybridized carbons (Fsp3) is 0.562. The van der Waals surface area contributed by atoms with Crippen LogP contribution in [-0.2, 0) is 4.74 Å². The molecule has 0 bridgehead atoms. The van der Waals surface area contributed by atoms with Gasteiger partial charge in [0.2, 0.25) is 0 Å². The first-order valence-electron chi connectivity index (χ1n) is 8.38. The summed E-state index contributed by atoms with van der Waals surface area (Å²) in [4.78, 5) is 37.7. The van der Waals surface area contributed by atoms with Crippen LogP contribution >= 0.6 is 0 Å². The smallest absolute Gasteiger partial charge is 0.345 e. The van der Waals surface area contributed by atoms with Crippen molar-refractivity contribution in [2.45, 2.75) is 18.9 Å². The second kappa shape index (κ2) is 8.79. The molecule has 26 heavy (non-hydrogen) atoms. The van der Waals surface area contributed by atoms with E-state index < -0.39 is 10.6 Å². The lowest BCUT2D eigenvalue weighted by Gasteiger charge is -2.35. The predicted molar refractivity (Wildman–Crippen MR) is 90.3 cm³/mol. The van der Waals surface area contributed by atoms with Crippen LogP contribution < -0.4 is 5.18 Å². The zero-order valence-corrected chi connectivity index (χ0v) is 14.3. The van der Waals surface area contributed by atoms with E-state index in [9.17, 15) is 19.8 Å². The van der Waals surface area contributed by atoms with Gasteiger partial charge in [0.1, 0.15) is 0 Å². The average Bonchev–Trinajstić information content (AvgIpc) is 3.14. The van der Waals surface area contributed by atoms with E-state index in [1.807, 2.05) is 0 Å². The van der Waals surface area contributed by atoms with Crippen LogP contribution in [0.5, 0.6) is 0 Å². The van der Waals surface area contributed by atoms with Gasteiger partial charge in [0.15, 0.2) is 0 Å². The van der Waals surface area contributed by atoms with E-state index in [0.717, 1.165) is 45.1 Å². The van der Waals surface area contributed by atoms with Gasteiger partial charge in [-0.2, -0.15) is 0 Å². The molecule has 0 saturated carbocycles. The third-order valence-corrected chi connectivity index (χ3v) is 4.70. The topological polar surface area (TPSA) is 137 Å². The number of nitro groups is 1. The van der Waals surface area contributed by atoms with Crippen molar-refractivity contribution in [3.05, 3.63) is 38.8 Å². The van der Waals surface area contributed by atoms with Gasteiger partial charge in [-0.15, -0.1) is 0 Å². The number of nitrogens with one attached hydrogen (secondary N) is 1. The SMILES string of the molecule is O=[NH+]c1ccc(C(=O)N2CCN(CC3CCCO3)CC2)cc1[N+](=O)[O-].[OH-]. The zero-order valence-electron chi connectivity index (χ0n) is 14.3. The first kappa shape index (κ1) is 19.9. The summed E-state index contributed by atoms with van der Waals surface area (Å²) in [7, 11) is 0. The number of amides is 1. The van der Waals surface area contributed by atoms with Crippen molar-refractivity contribution in [3.63, 3.8) is 0 Å². The molecule has 0 aromatic heterocycles. The number of hydrogen-bond donors (Lipinski definition) is 1. The number of nitrogens with zero attached hydrogens (tertiary/aromatic N) is 3. The molecule has 142 valence electrons. The fourth-order valence-corrected chi connectivity index (χ4v) is 3.29. The number of nitro benzene ring substituents is 1. The lowest BCUT2D eigenvalue weighted by molar-refractivity contribution is -0.421. The molecule has 10 nitrogen and oxygen atoms in total. The normalized spacial score (nSPS) is 20.5. The van der Waals surface area contributed by atoms with Crippen LogP contribution in [0.4, 0.5) is 11.4 Å². The minimum atomic E-state index is -0.670. The van der Waals surface area contributed by atoms with Crippen molar-refractivity contribution in [3.8, 4) is 0 Å². The van der Waals surface area contributed by atoms with Gasteiger partial charge >= 0.3 is 11.4 Å². The summed E-state index contributed by atoms with van der Waals surface area (Å²) < 4.78 is 5.64. The molecule has 1 atom stereocenters. The van der Waals surface area contributed by atoms with E-state index in [4.69, 9.17) is 4.74 Å². The number of hydrogen-bond acceptors (Lipinski definition) is 7. The monoisotopic (exact) mass is 366 g/mol. The molecule has 2 heterocycles. The molecule has 2 aliphatic rings. The largest absolute Gasteiger partial charge is 0.870 e. The Hall–Kier alpha value is -2.43. The van der Waals surface area contributed by atoms with E-state index >= 15 is 0 Å². The number of ether oxygens (including phenoxy) is 1. The second-order valence-electron chi connectivity index (χ2n) is 6.32. The molecule has 1 aromatic rings. The second-order valence-corrected chi connectivity index (χ2v) is 6.32. The zero-order chi connectivity index (χ0) is 17.8. The molecular formula is C16H22N4O6. The van der Waals surface area contributed by atoms with Gasteiger partial charge in [0.05, 0.1) is 11.0 Å². The maximum Gasteiger partial charge on any atom is 0.345 e. The summed E-state index contributed by atoms with van der Waals surface area (Å²) in [6.07, 6.45) is 2.48. The van der Waals surface area contributed by atoms with E-state index in [1.54, 1.807) is 4.90 Å². The fourth-order valence-electron chi connectivity index (χ4n) is 3.29. The van der Waals surface area contributed by atoms with E-state index in [-0.39, 0.29) is 28.7 Å². The quantitative estimate of drug-likeness (QED) is 0.564. The van der Waals surface area contributed by atoms with Crippen LogP contribution in [0.25, 0.3) is 0 Å². The molecule has 0 radical (unpaired) electrons. The lowest BCUT2D eigenvalue weighted by Crippen LogP contribution is -2.56. The Labute approximate surface area is 150 Å². The van der Waals surface area contributed by atoms with Crippen LogP contribution in [0.3, 0.4) is 0 Å². The minimum absolute atomic E-state index is 0. The highest BCUT2D eigenvalue weighted by Crippen LogP contribution is 2.22. The number of benzene rings is 1. The summed E-state index contributed by atoms with van der Waals surface area (Å²) in [5, 5.41) is 12.6. The average molecular weight is 366 g/mol. The molecule has 2 N–H and O–H groups in total. The van der Waals surface area contributed by atoms with Crippen LogP contribution in [-0.4, -0.2) is 71.5 Å². The highest BCUT2D eigenvalue weighted by molar-refractivity contribution is 5.95. The van der Waals surface area contributed by atoms with E-state index in [1.165, 1.54) is 17.3 Å². The van der Waals surface area contributed by atoms with Crippen LogP contribution in [0.1, 0.15) is 23.2 Å². The predicted octanol–water partition coefficient (Wildman–Crippen LogP) is -0.167. The maximum atomic E-state index is 12.6. The van der Waals surface area contributed by atoms with Crippen molar-refractivity contribution in [1.29, 1.82) is 0 Å². The Morgan fingerprint density at radius 3 is 2.62 bits per heavy atom. The molecule has 2 fully saturated rings. The highest BCUT2D eigenvalue weighted by atomic mass is 16.6. The van der Waals surface area contributed by atoms with Gasteiger partial charge in [0, 0.05) is 67.1 Å². The summed E-state index contributed by atoms with van der Waals surface area (Å²) in [6.45, 7) is 4.37. The van der Waals surface area contributed by atoms with Crippen molar-refractivity contribution in [2.75, 3.05) is 39.3 Å². The van der Waals surface area contributed by atoms with Crippen molar-refractivity contribution in [2.24, 2.45) is 0 Å². The van der Waals surface area contributed by atoms with Crippen LogP contribution in [0.2, 0.25) is 0 Å². The number of nitroso groups, excluding NO2 is 1. The molecule has 3 rings (SSSR count). The summed E-state index contributed by atoms with van der Waals surface area (Å²) in [6, 6.07) is 3.86. The van der Waals surface area contributed by atoms with Gasteiger partial charge in [-0.3, -0.25) is 19.8 Å². The van der Waals surface area contributed by atoms with Crippen molar-refractivity contribution >= 4 is 17.3 Å². The van der Waals surface area contributed by atoms with Gasteiger partial charge < -0.3 is 15.1 Å². The van der Waals surface area contributed by atoms with Gasteiger partial charge in [-0.25, -0.2) is 0 Å². The van der Waals surface area contributed by atoms with Crippen molar-refractivity contribution in [1.82, 2.24) is 9.80 Å². The third kappa shape index (κ3) is 4.40. The minimum Gasteiger partial charge on any atom is -0.870 e. The molecule has 0 spiro atoms. The summed E-state index contributed by atoms with van der Waals surface area (Å²) in [5.74, 6) is -0.252. The Bertz CT molecular complexity index is 669. The van der Waals surface area contributed by atoms with Crippen molar-refractivity contribution < 1.29 is 25.1 Å². The number of carbonyl (C=O) groups excluding carboxylic acids is 1. The van der Waals surface area contributed by atoms with Gasteiger partial charge in [-0.05, 0) is 18.9 Å². The number of carbonyl (C=O) groups is 1. The molecule has 1 amide bonds. The molecule has 1 unspecified atom stereocenters. The van der Waals surface area contributed by atoms with Crippen LogP contribution in [0, 0.1) is 15.0 Å². The Balaban J connectivity index is 0.00000243. The summed E-state index contributed by atoms with van der Waals surface area (Å²) >= 11 is 0. The Morgan fingerprint density at radius 2 is 2.04 bits per heavy atom. The molecule has 2 aliphatic heterocycles. The molecular weight excluding hydrogens is 344 g/mol. The molecule has 0 aliphatic carbocycles. The first-order valence-corrected chi connectivity index (χ1v) is 8.38. The molecule has 10 heteroatoms. The standard InChI is InChI=1S/C16H20N4O5.H2O/c21-16(12-3-4-14(17-22)15(10-12)20(23)24)19-7-5-18(6-8-19)11-13-2-1-9-25-13;/h3-4,10,13H,1-2,5-9,11H2;1H2. The number of rotatable bonds is 5. The van der Waals surface area contributed by atoms with Gasteiger partial charge in [0.25, 0.3) is 5.91 Å². The van der Waals surface area contributed by atoms with Crippen LogP contribution in [0.15, 0.2) is 18.2 Å². The lowest BCUT2D eigenvalue weighted by atomic mass is 10.1. The maximum absolute atomic E-state index is 12.6. The number of piperazine rings is 1. The Morgan fingerprint density at radius 1 is 1.31 bits per heavy atom. The highest BCUT2D eigenvalue weighted by Gasteiger charge is 2.28.